The molecule has 0 unspecified atom stereocenters. The summed E-state index contributed by atoms with van der Waals surface area (Å²) in [5, 5.41) is 7.27. The Morgan fingerprint density at radius 2 is 1.77 bits per heavy atom. The third-order valence-corrected chi connectivity index (χ3v) is 3.97. The highest BCUT2D eigenvalue weighted by Gasteiger charge is 2.08. The molecule has 0 aliphatic rings. The summed E-state index contributed by atoms with van der Waals surface area (Å²) in [6, 6.07) is 15.3. The lowest BCUT2D eigenvalue weighted by atomic mass is 10.2. The standard InChI is InChI=1S/C20H21ClN4O/c1-4-26-18-8-6-5-7-17(18)24-20-22-14(3)12-19(25-20)23-16-10-9-15(21)11-13(16)2/h5-12H,4H2,1-3H3,(H2,22,23,24,25). The Morgan fingerprint density at radius 1 is 0.962 bits per heavy atom. The molecule has 0 atom stereocenters. The fraction of sp³-hybridized carbons (Fsp3) is 0.200. The van der Waals surface area contributed by atoms with E-state index < -0.39 is 0 Å². The van der Waals surface area contributed by atoms with Crippen molar-refractivity contribution >= 4 is 34.7 Å². The van der Waals surface area contributed by atoms with Crippen molar-refractivity contribution in [3.8, 4) is 5.75 Å². The third kappa shape index (κ3) is 4.43. The molecule has 0 aliphatic heterocycles. The Bertz CT molecular complexity index is 914. The summed E-state index contributed by atoms with van der Waals surface area (Å²) in [6.07, 6.45) is 0. The molecule has 0 aliphatic carbocycles. The Hall–Kier alpha value is -2.79. The molecule has 5 nitrogen and oxygen atoms in total. The first-order valence-corrected chi connectivity index (χ1v) is 8.80. The summed E-state index contributed by atoms with van der Waals surface area (Å²) < 4.78 is 5.65. The largest absolute Gasteiger partial charge is 0.492 e. The van der Waals surface area contributed by atoms with E-state index in [2.05, 4.69) is 20.6 Å². The van der Waals surface area contributed by atoms with Crippen molar-refractivity contribution in [2.24, 2.45) is 0 Å². The van der Waals surface area contributed by atoms with E-state index in [1.807, 2.05) is 69.3 Å². The van der Waals surface area contributed by atoms with Gasteiger partial charge in [-0.05, 0) is 56.7 Å². The zero-order chi connectivity index (χ0) is 18.5. The summed E-state index contributed by atoms with van der Waals surface area (Å²) in [5.41, 5.74) is 3.68. The fourth-order valence-corrected chi connectivity index (χ4v) is 2.79. The topological polar surface area (TPSA) is 59.1 Å². The Labute approximate surface area is 158 Å². The van der Waals surface area contributed by atoms with Gasteiger partial charge in [0.15, 0.2) is 0 Å². The van der Waals surface area contributed by atoms with Crippen LogP contribution in [0.5, 0.6) is 5.75 Å². The molecule has 6 heteroatoms. The molecule has 0 spiro atoms. The van der Waals surface area contributed by atoms with E-state index in [0.29, 0.717) is 23.4 Å². The molecular formula is C20H21ClN4O. The van der Waals surface area contributed by atoms with E-state index in [9.17, 15) is 0 Å². The maximum atomic E-state index is 6.03. The molecule has 3 rings (SSSR count). The summed E-state index contributed by atoms with van der Waals surface area (Å²) in [7, 11) is 0. The van der Waals surface area contributed by atoms with Gasteiger partial charge in [0.1, 0.15) is 11.6 Å². The number of benzene rings is 2. The lowest BCUT2D eigenvalue weighted by Gasteiger charge is -2.13. The molecule has 0 saturated heterocycles. The molecule has 2 aromatic carbocycles. The molecule has 26 heavy (non-hydrogen) atoms. The first-order chi connectivity index (χ1) is 12.5. The molecular weight excluding hydrogens is 348 g/mol. The van der Waals surface area contributed by atoms with Crippen LogP contribution in [-0.4, -0.2) is 16.6 Å². The van der Waals surface area contributed by atoms with Gasteiger partial charge in [0.05, 0.1) is 12.3 Å². The smallest absolute Gasteiger partial charge is 0.229 e. The number of nitrogens with one attached hydrogen (secondary N) is 2. The molecule has 2 N–H and O–H groups in total. The number of hydrogen-bond acceptors (Lipinski definition) is 5. The molecule has 0 amide bonds. The molecule has 0 fully saturated rings. The van der Waals surface area contributed by atoms with Crippen LogP contribution in [0, 0.1) is 13.8 Å². The van der Waals surface area contributed by atoms with E-state index in [1.54, 1.807) is 0 Å². The van der Waals surface area contributed by atoms with Gasteiger partial charge in [0.25, 0.3) is 0 Å². The van der Waals surface area contributed by atoms with E-state index >= 15 is 0 Å². The molecule has 1 aromatic heterocycles. The maximum Gasteiger partial charge on any atom is 0.229 e. The van der Waals surface area contributed by atoms with Crippen molar-refractivity contribution in [3.63, 3.8) is 0 Å². The third-order valence-electron chi connectivity index (χ3n) is 3.74. The second-order valence-electron chi connectivity index (χ2n) is 5.86. The summed E-state index contributed by atoms with van der Waals surface area (Å²) in [4.78, 5) is 9.04. The van der Waals surface area contributed by atoms with Crippen molar-refractivity contribution in [1.29, 1.82) is 0 Å². The van der Waals surface area contributed by atoms with E-state index in [4.69, 9.17) is 16.3 Å². The van der Waals surface area contributed by atoms with Crippen molar-refractivity contribution in [3.05, 3.63) is 64.8 Å². The number of hydrogen-bond donors (Lipinski definition) is 2. The number of anilines is 4. The van der Waals surface area contributed by atoms with Crippen LogP contribution in [0.3, 0.4) is 0 Å². The molecule has 0 bridgehead atoms. The normalized spacial score (nSPS) is 10.5. The maximum absolute atomic E-state index is 6.03. The van der Waals surface area contributed by atoms with E-state index in [-0.39, 0.29) is 0 Å². The van der Waals surface area contributed by atoms with Gasteiger partial charge in [-0.2, -0.15) is 4.98 Å². The summed E-state index contributed by atoms with van der Waals surface area (Å²) in [5.74, 6) is 1.98. The number of halogens is 1. The molecule has 1 heterocycles. The van der Waals surface area contributed by atoms with Crippen LogP contribution in [0.15, 0.2) is 48.5 Å². The first kappa shape index (κ1) is 18.0. The van der Waals surface area contributed by atoms with Gasteiger partial charge in [-0.1, -0.05) is 23.7 Å². The Kier molecular flexibility index (Phi) is 5.58. The van der Waals surface area contributed by atoms with Gasteiger partial charge >= 0.3 is 0 Å². The molecule has 134 valence electrons. The van der Waals surface area contributed by atoms with Gasteiger partial charge in [-0.3, -0.25) is 0 Å². The highest BCUT2D eigenvalue weighted by molar-refractivity contribution is 6.30. The van der Waals surface area contributed by atoms with Crippen molar-refractivity contribution < 1.29 is 4.74 Å². The second kappa shape index (κ2) is 8.06. The zero-order valence-corrected chi connectivity index (χ0v) is 15.8. The van der Waals surface area contributed by atoms with E-state index in [0.717, 1.165) is 28.4 Å². The Morgan fingerprint density at radius 3 is 2.54 bits per heavy atom. The van der Waals surface area contributed by atoms with Crippen LogP contribution >= 0.6 is 11.6 Å². The first-order valence-electron chi connectivity index (χ1n) is 8.43. The molecule has 3 aromatic rings. The van der Waals surface area contributed by atoms with Crippen LogP contribution in [-0.2, 0) is 0 Å². The molecule has 0 radical (unpaired) electrons. The van der Waals surface area contributed by atoms with Gasteiger partial charge in [0.2, 0.25) is 5.95 Å². The number of aryl methyl sites for hydroxylation is 2. The second-order valence-corrected chi connectivity index (χ2v) is 6.29. The quantitative estimate of drug-likeness (QED) is 0.590. The van der Waals surface area contributed by atoms with Crippen LogP contribution < -0.4 is 15.4 Å². The zero-order valence-electron chi connectivity index (χ0n) is 15.0. The minimum atomic E-state index is 0.506. The number of aromatic nitrogens is 2. The van der Waals surface area contributed by atoms with Crippen LogP contribution in [0.1, 0.15) is 18.2 Å². The predicted molar refractivity (Wildman–Crippen MR) is 107 cm³/mol. The summed E-state index contributed by atoms with van der Waals surface area (Å²) in [6.45, 7) is 6.48. The monoisotopic (exact) mass is 368 g/mol. The van der Waals surface area contributed by atoms with Gasteiger partial charge in [-0.15, -0.1) is 0 Å². The van der Waals surface area contributed by atoms with Crippen LogP contribution in [0.4, 0.5) is 23.1 Å². The lowest BCUT2D eigenvalue weighted by molar-refractivity contribution is 0.342. The van der Waals surface area contributed by atoms with Gasteiger partial charge in [0, 0.05) is 22.5 Å². The highest BCUT2D eigenvalue weighted by Crippen LogP contribution is 2.28. The average molecular weight is 369 g/mol. The average Bonchev–Trinajstić information content (AvgIpc) is 2.59. The number of rotatable bonds is 6. The van der Waals surface area contributed by atoms with Crippen molar-refractivity contribution in [2.75, 3.05) is 17.2 Å². The summed E-state index contributed by atoms with van der Waals surface area (Å²) >= 11 is 6.03. The highest BCUT2D eigenvalue weighted by atomic mass is 35.5. The fourth-order valence-electron chi connectivity index (χ4n) is 2.57. The predicted octanol–water partition coefficient (Wildman–Crippen LogP) is 5.63. The number of ether oxygens (including phenoxy) is 1. The van der Waals surface area contributed by atoms with Crippen molar-refractivity contribution in [2.45, 2.75) is 20.8 Å². The number of nitrogens with zero attached hydrogens (tertiary/aromatic N) is 2. The van der Waals surface area contributed by atoms with Crippen LogP contribution in [0.2, 0.25) is 5.02 Å². The Balaban J connectivity index is 1.86. The van der Waals surface area contributed by atoms with Crippen LogP contribution in [0.25, 0.3) is 0 Å². The number of para-hydroxylation sites is 2. The minimum Gasteiger partial charge on any atom is -0.492 e. The van der Waals surface area contributed by atoms with Crippen molar-refractivity contribution in [1.82, 2.24) is 9.97 Å². The lowest BCUT2D eigenvalue weighted by Crippen LogP contribution is -2.04. The molecule has 0 saturated carbocycles. The van der Waals surface area contributed by atoms with E-state index in [1.165, 1.54) is 0 Å². The van der Waals surface area contributed by atoms with Gasteiger partial charge in [-0.25, -0.2) is 4.98 Å². The van der Waals surface area contributed by atoms with Gasteiger partial charge < -0.3 is 15.4 Å². The minimum absolute atomic E-state index is 0.506. The SMILES string of the molecule is CCOc1ccccc1Nc1nc(C)cc(Nc2ccc(Cl)cc2C)n1.